The Kier molecular flexibility index (Phi) is 3.28. The van der Waals surface area contributed by atoms with Gasteiger partial charge in [-0.05, 0) is 13.3 Å². The van der Waals surface area contributed by atoms with E-state index in [1.165, 1.54) is 0 Å². The summed E-state index contributed by atoms with van der Waals surface area (Å²) in [5, 5.41) is 2.65. The molecule has 0 bridgehead atoms. The smallest absolute Gasteiger partial charge is 0.245 e. The molecule has 1 N–H and O–H groups in total. The fourth-order valence-electron chi connectivity index (χ4n) is 1.68. The summed E-state index contributed by atoms with van der Waals surface area (Å²) in [4.78, 5) is 24.8. The lowest BCUT2D eigenvalue weighted by molar-refractivity contribution is -0.148. The third kappa shape index (κ3) is 1.78. The van der Waals surface area contributed by atoms with E-state index in [0.29, 0.717) is 13.0 Å². The van der Waals surface area contributed by atoms with Gasteiger partial charge in [0.1, 0.15) is 12.1 Å². The lowest BCUT2D eigenvalue weighted by atomic mass is 10.1. The maximum Gasteiger partial charge on any atom is 0.245 e. The third-order valence-corrected chi connectivity index (χ3v) is 2.40. The Bertz CT molecular complexity index is 263. The van der Waals surface area contributed by atoms with Crippen molar-refractivity contribution in [1.82, 2.24) is 10.2 Å². The molecule has 4 nitrogen and oxygen atoms in total. The summed E-state index contributed by atoms with van der Waals surface area (Å²) in [5.74, 6) is -0.0993. The molecule has 4 heteroatoms. The van der Waals surface area contributed by atoms with Crippen LogP contribution in [-0.4, -0.2) is 35.3 Å². The molecule has 0 aromatic heterocycles. The quantitative estimate of drug-likeness (QED) is 0.660. The molecular weight excluding hydrogens is 180 g/mol. The molecule has 1 aliphatic heterocycles. The van der Waals surface area contributed by atoms with Gasteiger partial charge in [-0.2, -0.15) is 0 Å². The van der Waals surface area contributed by atoms with Gasteiger partial charge in [0, 0.05) is 6.54 Å². The van der Waals surface area contributed by atoms with Gasteiger partial charge in [0.2, 0.25) is 11.8 Å². The second-order valence-corrected chi connectivity index (χ2v) is 3.43. The van der Waals surface area contributed by atoms with Crippen LogP contribution >= 0.6 is 0 Å². The van der Waals surface area contributed by atoms with Crippen molar-refractivity contribution in [3.63, 3.8) is 0 Å². The fourth-order valence-corrected chi connectivity index (χ4v) is 1.68. The topological polar surface area (TPSA) is 49.4 Å². The third-order valence-electron chi connectivity index (χ3n) is 2.40. The van der Waals surface area contributed by atoms with Crippen molar-refractivity contribution >= 4 is 11.8 Å². The minimum Gasteiger partial charge on any atom is -0.343 e. The first kappa shape index (κ1) is 10.8. The lowest BCUT2D eigenvalue weighted by Crippen LogP contribution is -2.62. The molecule has 0 radical (unpaired) electrons. The van der Waals surface area contributed by atoms with Crippen LogP contribution in [0.1, 0.15) is 20.3 Å². The molecule has 0 aliphatic carbocycles. The summed E-state index contributed by atoms with van der Waals surface area (Å²) in [5.41, 5.74) is 0. The van der Waals surface area contributed by atoms with Crippen molar-refractivity contribution in [2.75, 3.05) is 6.54 Å². The fraction of sp³-hybridized carbons (Fsp3) is 0.600. The second-order valence-electron chi connectivity index (χ2n) is 3.43. The van der Waals surface area contributed by atoms with Crippen LogP contribution in [0.25, 0.3) is 0 Å². The molecule has 1 aliphatic rings. The number of rotatable bonds is 3. The summed E-state index contributed by atoms with van der Waals surface area (Å²) in [6, 6.07) is -0.748. The molecule has 2 amide bonds. The Labute approximate surface area is 84.0 Å². The van der Waals surface area contributed by atoms with E-state index in [1.54, 1.807) is 17.9 Å². The molecule has 1 saturated heterocycles. The van der Waals surface area contributed by atoms with Gasteiger partial charge in [-0.1, -0.05) is 13.0 Å². The zero-order valence-electron chi connectivity index (χ0n) is 8.62. The van der Waals surface area contributed by atoms with Crippen molar-refractivity contribution in [2.24, 2.45) is 0 Å². The van der Waals surface area contributed by atoms with E-state index >= 15 is 0 Å². The standard InChI is InChI=1S/C10H16N2O2/c1-4-6-12-8(5-2)9(13)11-7(3)10(12)14/h4,7-8H,1,5-6H2,2-3H3,(H,11,13). The summed E-state index contributed by atoms with van der Waals surface area (Å²) in [7, 11) is 0. The number of nitrogens with one attached hydrogen (secondary N) is 1. The number of carbonyl (C=O) groups excluding carboxylic acids is 2. The molecule has 0 spiro atoms. The Morgan fingerprint density at radius 2 is 2.21 bits per heavy atom. The molecule has 0 saturated carbocycles. The molecule has 1 heterocycles. The second kappa shape index (κ2) is 4.26. The monoisotopic (exact) mass is 196 g/mol. The average molecular weight is 196 g/mol. The number of hydrogen-bond acceptors (Lipinski definition) is 2. The number of amides is 2. The summed E-state index contributed by atoms with van der Waals surface area (Å²) < 4.78 is 0. The van der Waals surface area contributed by atoms with E-state index in [4.69, 9.17) is 0 Å². The van der Waals surface area contributed by atoms with Gasteiger partial charge >= 0.3 is 0 Å². The predicted octanol–water partition coefficient (Wildman–Crippen LogP) is 0.298. The number of nitrogens with zero attached hydrogens (tertiary/aromatic N) is 1. The first-order valence-electron chi connectivity index (χ1n) is 4.83. The molecule has 14 heavy (non-hydrogen) atoms. The Morgan fingerprint density at radius 1 is 1.57 bits per heavy atom. The Hall–Kier alpha value is -1.32. The SMILES string of the molecule is C=CCN1C(=O)C(C)NC(=O)C1CC. The Morgan fingerprint density at radius 3 is 2.71 bits per heavy atom. The van der Waals surface area contributed by atoms with E-state index in [0.717, 1.165) is 0 Å². The van der Waals surface area contributed by atoms with Gasteiger partial charge < -0.3 is 10.2 Å². The van der Waals surface area contributed by atoms with Gasteiger partial charge in [-0.3, -0.25) is 9.59 Å². The average Bonchev–Trinajstić information content (AvgIpc) is 2.14. The van der Waals surface area contributed by atoms with Gasteiger partial charge in [-0.15, -0.1) is 6.58 Å². The predicted molar refractivity (Wildman–Crippen MR) is 53.6 cm³/mol. The van der Waals surface area contributed by atoms with Gasteiger partial charge in [0.25, 0.3) is 0 Å². The molecular formula is C10H16N2O2. The van der Waals surface area contributed by atoms with Gasteiger partial charge in [0.05, 0.1) is 0 Å². The van der Waals surface area contributed by atoms with E-state index in [1.807, 2.05) is 6.92 Å². The number of carbonyl (C=O) groups is 2. The highest BCUT2D eigenvalue weighted by atomic mass is 16.2. The highest BCUT2D eigenvalue weighted by molar-refractivity contribution is 5.96. The van der Waals surface area contributed by atoms with Crippen molar-refractivity contribution in [3.05, 3.63) is 12.7 Å². The van der Waals surface area contributed by atoms with E-state index in [9.17, 15) is 9.59 Å². The van der Waals surface area contributed by atoms with Crippen LogP contribution in [0.5, 0.6) is 0 Å². The zero-order chi connectivity index (χ0) is 10.7. The van der Waals surface area contributed by atoms with Crippen LogP contribution in [0.2, 0.25) is 0 Å². The molecule has 78 valence electrons. The summed E-state index contributed by atoms with van der Waals surface area (Å²) in [6.07, 6.45) is 2.28. The molecule has 2 atom stereocenters. The highest BCUT2D eigenvalue weighted by Gasteiger charge is 2.36. The van der Waals surface area contributed by atoms with Crippen LogP contribution in [0.15, 0.2) is 12.7 Å². The maximum absolute atomic E-state index is 11.7. The van der Waals surface area contributed by atoms with Crippen LogP contribution in [0.4, 0.5) is 0 Å². The molecule has 1 rings (SSSR count). The maximum atomic E-state index is 11.7. The highest BCUT2D eigenvalue weighted by Crippen LogP contribution is 2.12. The molecule has 0 aromatic carbocycles. The van der Waals surface area contributed by atoms with Crippen molar-refractivity contribution in [2.45, 2.75) is 32.4 Å². The first-order chi connectivity index (χ1) is 6.61. The zero-order valence-corrected chi connectivity index (χ0v) is 8.62. The summed E-state index contributed by atoms with van der Waals surface area (Å²) in [6.45, 7) is 7.61. The van der Waals surface area contributed by atoms with Crippen molar-refractivity contribution < 1.29 is 9.59 Å². The van der Waals surface area contributed by atoms with E-state index < -0.39 is 6.04 Å². The van der Waals surface area contributed by atoms with Crippen LogP contribution in [0.3, 0.4) is 0 Å². The lowest BCUT2D eigenvalue weighted by Gasteiger charge is -2.36. The van der Waals surface area contributed by atoms with E-state index in [-0.39, 0.29) is 17.9 Å². The minimum atomic E-state index is -0.412. The van der Waals surface area contributed by atoms with Crippen molar-refractivity contribution in [1.29, 1.82) is 0 Å². The van der Waals surface area contributed by atoms with Gasteiger partial charge in [-0.25, -0.2) is 0 Å². The number of piperazine rings is 1. The molecule has 2 unspecified atom stereocenters. The van der Waals surface area contributed by atoms with Crippen molar-refractivity contribution in [3.8, 4) is 0 Å². The number of hydrogen-bond donors (Lipinski definition) is 1. The molecule has 0 aromatic rings. The summed E-state index contributed by atoms with van der Waals surface area (Å²) >= 11 is 0. The molecule has 1 fully saturated rings. The van der Waals surface area contributed by atoms with Crippen LogP contribution in [-0.2, 0) is 9.59 Å². The first-order valence-corrected chi connectivity index (χ1v) is 4.83. The van der Waals surface area contributed by atoms with E-state index in [2.05, 4.69) is 11.9 Å². The Balaban J connectivity index is 2.86. The van der Waals surface area contributed by atoms with Gasteiger partial charge in [0.15, 0.2) is 0 Å². The largest absolute Gasteiger partial charge is 0.343 e. The van der Waals surface area contributed by atoms with Crippen LogP contribution < -0.4 is 5.32 Å². The minimum absolute atomic E-state index is 0.0312. The normalized spacial score (nSPS) is 27.4. The van der Waals surface area contributed by atoms with Crippen LogP contribution in [0, 0.1) is 0 Å².